The lowest BCUT2D eigenvalue weighted by Gasteiger charge is -2.26. The zero-order valence-electron chi connectivity index (χ0n) is 32.9. The third-order valence-electron chi connectivity index (χ3n) is 11.7. The molecule has 11 rings (SSSR count). The van der Waals surface area contributed by atoms with E-state index in [9.17, 15) is 0 Å². The molecule has 0 N–H and O–H groups in total. The Balaban J connectivity index is 0.985. The molecular formula is C56H40N2O. The van der Waals surface area contributed by atoms with Crippen LogP contribution in [0.1, 0.15) is 11.1 Å². The van der Waals surface area contributed by atoms with Crippen molar-refractivity contribution in [3.8, 4) is 39.1 Å². The maximum Gasteiger partial charge on any atom is 0.143 e. The first-order chi connectivity index (χ1) is 29.1. The van der Waals surface area contributed by atoms with Crippen molar-refractivity contribution in [3.05, 3.63) is 217 Å². The topological polar surface area (TPSA) is 21.3 Å². The van der Waals surface area contributed by atoms with Gasteiger partial charge in [0.25, 0.3) is 0 Å². The molecule has 0 bridgehead atoms. The van der Waals surface area contributed by atoms with E-state index in [-0.39, 0.29) is 0 Å². The Bertz CT molecular complexity index is 3300. The van der Waals surface area contributed by atoms with Crippen molar-refractivity contribution >= 4 is 60.8 Å². The normalized spacial score (nSPS) is 11.6. The van der Waals surface area contributed by atoms with E-state index in [0.717, 1.165) is 55.8 Å². The molecule has 2 aromatic heterocycles. The molecule has 0 spiro atoms. The summed E-state index contributed by atoms with van der Waals surface area (Å²) in [6.07, 6.45) is 0. The summed E-state index contributed by atoms with van der Waals surface area (Å²) < 4.78 is 8.78. The van der Waals surface area contributed by atoms with Crippen LogP contribution in [-0.2, 0) is 0 Å². The van der Waals surface area contributed by atoms with Gasteiger partial charge in [-0.3, -0.25) is 0 Å². The lowest BCUT2D eigenvalue weighted by atomic mass is 9.99. The van der Waals surface area contributed by atoms with Crippen molar-refractivity contribution in [1.82, 2.24) is 4.57 Å². The number of benzene rings is 9. The maximum atomic E-state index is 6.42. The Morgan fingerprint density at radius 1 is 0.373 bits per heavy atom. The molecule has 0 fully saturated rings. The number of nitrogens with zero attached hydrogens (tertiary/aromatic N) is 2. The SMILES string of the molecule is Cc1cc(C)cc(-c2ccc(N(c3ccc(-c4ccc5c(c4)c4ccccc4n5-c4ccccc4)cc3)c3ccc(-c4cccc5c4oc4ccccc45)cc3)cc2)c1. The van der Waals surface area contributed by atoms with Crippen LogP contribution in [0, 0.1) is 13.8 Å². The van der Waals surface area contributed by atoms with Gasteiger partial charge in [-0.05, 0) is 114 Å². The second-order valence-electron chi connectivity index (χ2n) is 15.6. The van der Waals surface area contributed by atoms with E-state index in [1.54, 1.807) is 0 Å². The number of aromatic nitrogens is 1. The lowest BCUT2D eigenvalue weighted by Crippen LogP contribution is -2.09. The largest absolute Gasteiger partial charge is 0.455 e. The van der Waals surface area contributed by atoms with Crippen LogP contribution in [0.5, 0.6) is 0 Å². The minimum atomic E-state index is 0.907. The molecule has 2 heterocycles. The first-order valence-corrected chi connectivity index (χ1v) is 20.2. The van der Waals surface area contributed by atoms with Gasteiger partial charge in [0.1, 0.15) is 11.2 Å². The number of fused-ring (bicyclic) bond motifs is 6. The third-order valence-corrected chi connectivity index (χ3v) is 11.7. The summed E-state index contributed by atoms with van der Waals surface area (Å²) in [5.41, 5.74) is 18.2. The van der Waals surface area contributed by atoms with Gasteiger partial charge in [-0.25, -0.2) is 0 Å². The number of anilines is 3. The van der Waals surface area contributed by atoms with Crippen LogP contribution in [0.4, 0.5) is 17.1 Å². The highest BCUT2D eigenvalue weighted by molar-refractivity contribution is 6.11. The second kappa shape index (κ2) is 14.1. The monoisotopic (exact) mass is 756 g/mol. The zero-order chi connectivity index (χ0) is 39.5. The average Bonchev–Trinajstić information content (AvgIpc) is 3.83. The van der Waals surface area contributed by atoms with Crippen molar-refractivity contribution in [2.45, 2.75) is 13.8 Å². The Hall–Kier alpha value is -7.62. The van der Waals surface area contributed by atoms with E-state index >= 15 is 0 Å². The Kier molecular flexibility index (Phi) is 8.27. The molecule has 3 nitrogen and oxygen atoms in total. The molecule has 280 valence electrons. The van der Waals surface area contributed by atoms with Gasteiger partial charge in [0.15, 0.2) is 0 Å². The summed E-state index contributed by atoms with van der Waals surface area (Å²) in [4.78, 5) is 2.34. The molecule has 0 saturated heterocycles. The van der Waals surface area contributed by atoms with Crippen LogP contribution in [0.25, 0.3) is 82.8 Å². The predicted octanol–water partition coefficient (Wildman–Crippen LogP) is 15.8. The Morgan fingerprint density at radius 2 is 0.915 bits per heavy atom. The molecule has 0 aliphatic heterocycles. The van der Waals surface area contributed by atoms with E-state index in [0.29, 0.717) is 0 Å². The molecule has 0 radical (unpaired) electrons. The van der Waals surface area contributed by atoms with Crippen molar-refractivity contribution in [2.24, 2.45) is 0 Å². The van der Waals surface area contributed by atoms with Gasteiger partial charge in [0, 0.05) is 49.9 Å². The van der Waals surface area contributed by atoms with E-state index < -0.39 is 0 Å². The lowest BCUT2D eigenvalue weighted by molar-refractivity contribution is 0.670. The highest BCUT2D eigenvalue weighted by Gasteiger charge is 2.17. The molecule has 59 heavy (non-hydrogen) atoms. The Morgan fingerprint density at radius 3 is 1.61 bits per heavy atom. The van der Waals surface area contributed by atoms with Crippen LogP contribution < -0.4 is 4.90 Å². The Labute approximate surface area is 343 Å². The maximum absolute atomic E-state index is 6.42. The molecule has 0 unspecified atom stereocenters. The summed E-state index contributed by atoms with van der Waals surface area (Å²) in [6.45, 7) is 4.32. The van der Waals surface area contributed by atoms with Gasteiger partial charge in [-0.2, -0.15) is 0 Å². The summed E-state index contributed by atoms with van der Waals surface area (Å²) >= 11 is 0. The van der Waals surface area contributed by atoms with Crippen molar-refractivity contribution in [1.29, 1.82) is 0 Å². The van der Waals surface area contributed by atoms with Crippen LogP contribution in [0.3, 0.4) is 0 Å². The minimum Gasteiger partial charge on any atom is -0.455 e. The molecular weight excluding hydrogens is 717 g/mol. The van der Waals surface area contributed by atoms with E-state index in [1.807, 2.05) is 12.1 Å². The van der Waals surface area contributed by atoms with Crippen LogP contribution in [0.15, 0.2) is 211 Å². The zero-order valence-corrected chi connectivity index (χ0v) is 32.9. The highest BCUT2D eigenvalue weighted by atomic mass is 16.3. The number of furan rings is 1. The fraction of sp³-hybridized carbons (Fsp3) is 0.0357. The number of rotatable bonds is 7. The second-order valence-corrected chi connectivity index (χ2v) is 15.6. The molecule has 11 aromatic rings. The van der Waals surface area contributed by atoms with Crippen molar-refractivity contribution in [2.75, 3.05) is 4.90 Å². The highest BCUT2D eigenvalue weighted by Crippen LogP contribution is 2.41. The summed E-state index contributed by atoms with van der Waals surface area (Å²) in [5.74, 6) is 0. The summed E-state index contributed by atoms with van der Waals surface area (Å²) in [5, 5.41) is 4.77. The van der Waals surface area contributed by atoms with Crippen molar-refractivity contribution in [3.63, 3.8) is 0 Å². The molecule has 0 amide bonds. The molecule has 0 aliphatic carbocycles. The van der Waals surface area contributed by atoms with Gasteiger partial charge >= 0.3 is 0 Å². The van der Waals surface area contributed by atoms with Crippen LogP contribution >= 0.6 is 0 Å². The summed E-state index contributed by atoms with van der Waals surface area (Å²) in [7, 11) is 0. The van der Waals surface area contributed by atoms with E-state index in [4.69, 9.17) is 4.42 Å². The smallest absolute Gasteiger partial charge is 0.143 e. The summed E-state index contributed by atoms with van der Waals surface area (Å²) in [6, 6.07) is 74.4. The van der Waals surface area contributed by atoms with Gasteiger partial charge in [0.2, 0.25) is 0 Å². The third kappa shape index (κ3) is 6.07. The first kappa shape index (κ1) is 34.6. The average molecular weight is 757 g/mol. The quantitative estimate of drug-likeness (QED) is 0.161. The number of aryl methyl sites for hydroxylation is 2. The fourth-order valence-electron chi connectivity index (χ4n) is 8.97. The number of para-hydroxylation sites is 4. The molecule has 9 aromatic carbocycles. The first-order valence-electron chi connectivity index (χ1n) is 20.2. The van der Waals surface area contributed by atoms with Gasteiger partial charge in [-0.15, -0.1) is 0 Å². The van der Waals surface area contributed by atoms with E-state index in [1.165, 1.54) is 55.2 Å². The molecule has 0 atom stereocenters. The van der Waals surface area contributed by atoms with Gasteiger partial charge in [0.05, 0.1) is 11.0 Å². The van der Waals surface area contributed by atoms with E-state index in [2.05, 4.69) is 217 Å². The molecule has 3 heteroatoms. The number of hydrogen-bond acceptors (Lipinski definition) is 2. The minimum absolute atomic E-state index is 0.907. The predicted molar refractivity (Wildman–Crippen MR) is 249 cm³/mol. The standard InChI is InChI=1S/C56H40N2O/c1-37-33-38(2)35-43(34-37)40-21-28-46(29-22-40)57(47-30-23-41(24-31-47)48-15-10-16-51-50-14-7-9-18-55(50)59-56(48)51)45-26-19-39(20-27-45)42-25-32-54-52(36-42)49-13-6-8-17-53(49)58(54)44-11-4-3-5-12-44/h3-36H,1-2H3. The fourth-order valence-corrected chi connectivity index (χ4v) is 8.97. The van der Waals surface area contributed by atoms with Crippen LogP contribution in [-0.4, -0.2) is 4.57 Å². The van der Waals surface area contributed by atoms with Gasteiger partial charge < -0.3 is 13.9 Å². The van der Waals surface area contributed by atoms with Crippen molar-refractivity contribution < 1.29 is 4.42 Å². The van der Waals surface area contributed by atoms with Gasteiger partial charge in [-0.1, -0.05) is 145 Å². The van der Waals surface area contributed by atoms with Crippen LogP contribution in [0.2, 0.25) is 0 Å². The molecule has 0 saturated carbocycles. The molecule has 0 aliphatic rings. The number of hydrogen-bond donors (Lipinski definition) is 0.